The monoisotopic (exact) mass is 243 g/mol. The van der Waals surface area contributed by atoms with Crippen LogP contribution in [0.3, 0.4) is 0 Å². The zero-order valence-corrected chi connectivity index (χ0v) is 11.1. The number of hydrogen-bond acceptors (Lipinski definition) is 3. The maximum atomic E-state index is 5.95. The SMILES string of the molecule is CC(C)CCCNc1ccc(N)c2cnccc12. The summed E-state index contributed by atoms with van der Waals surface area (Å²) in [6, 6.07) is 6.00. The predicted octanol–water partition coefficient (Wildman–Crippen LogP) is 3.67. The highest BCUT2D eigenvalue weighted by Gasteiger charge is 2.03. The van der Waals surface area contributed by atoms with Crippen molar-refractivity contribution in [3.05, 3.63) is 30.6 Å². The molecule has 0 amide bonds. The maximum Gasteiger partial charge on any atom is 0.0422 e. The van der Waals surface area contributed by atoms with Gasteiger partial charge in [-0.05, 0) is 37.0 Å². The van der Waals surface area contributed by atoms with Gasteiger partial charge in [0.15, 0.2) is 0 Å². The molecule has 0 aliphatic carbocycles. The minimum atomic E-state index is 0.763. The van der Waals surface area contributed by atoms with Gasteiger partial charge in [0, 0.05) is 41.1 Å². The third-order valence-corrected chi connectivity index (χ3v) is 3.13. The molecule has 3 N–H and O–H groups in total. The first kappa shape index (κ1) is 12.7. The van der Waals surface area contributed by atoms with E-state index in [1.807, 2.05) is 24.4 Å². The fourth-order valence-corrected chi connectivity index (χ4v) is 2.10. The molecule has 1 aromatic carbocycles. The number of hydrogen-bond donors (Lipinski definition) is 2. The van der Waals surface area contributed by atoms with Crippen LogP contribution in [0.5, 0.6) is 0 Å². The number of pyridine rings is 1. The molecule has 0 aliphatic rings. The second kappa shape index (κ2) is 5.71. The van der Waals surface area contributed by atoms with Crippen LogP contribution in [0.4, 0.5) is 11.4 Å². The van der Waals surface area contributed by atoms with Gasteiger partial charge in [-0.1, -0.05) is 13.8 Å². The van der Waals surface area contributed by atoms with Crippen LogP contribution in [0.1, 0.15) is 26.7 Å². The van der Waals surface area contributed by atoms with E-state index in [0.717, 1.165) is 34.6 Å². The molecular weight excluding hydrogens is 222 g/mol. The second-order valence-electron chi connectivity index (χ2n) is 5.09. The normalized spacial score (nSPS) is 11.1. The molecule has 0 aliphatic heterocycles. The van der Waals surface area contributed by atoms with Crippen molar-refractivity contribution in [1.29, 1.82) is 0 Å². The van der Waals surface area contributed by atoms with Crippen molar-refractivity contribution in [2.75, 3.05) is 17.6 Å². The number of nitrogen functional groups attached to an aromatic ring is 1. The topological polar surface area (TPSA) is 50.9 Å². The lowest BCUT2D eigenvalue weighted by molar-refractivity contribution is 0.567. The molecule has 0 saturated heterocycles. The van der Waals surface area contributed by atoms with E-state index in [1.54, 1.807) is 6.20 Å². The highest BCUT2D eigenvalue weighted by Crippen LogP contribution is 2.27. The van der Waals surface area contributed by atoms with Crippen molar-refractivity contribution in [3.63, 3.8) is 0 Å². The Morgan fingerprint density at radius 1 is 1.22 bits per heavy atom. The first-order chi connectivity index (χ1) is 8.68. The molecule has 0 saturated carbocycles. The van der Waals surface area contributed by atoms with Crippen molar-refractivity contribution in [3.8, 4) is 0 Å². The molecule has 1 heterocycles. The molecule has 3 nitrogen and oxygen atoms in total. The standard InChI is InChI=1S/C15H21N3/c1-11(2)4-3-8-18-15-6-5-14(16)13-10-17-9-7-12(13)15/h5-7,9-11,18H,3-4,8,16H2,1-2H3. The smallest absolute Gasteiger partial charge is 0.0422 e. The summed E-state index contributed by atoms with van der Waals surface area (Å²) in [6.07, 6.45) is 6.07. The number of fused-ring (bicyclic) bond motifs is 1. The molecule has 0 atom stereocenters. The first-order valence-electron chi connectivity index (χ1n) is 6.54. The van der Waals surface area contributed by atoms with E-state index in [0.29, 0.717) is 0 Å². The zero-order valence-electron chi connectivity index (χ0n) is 11.1. The molecule has 2 aromatic rings. The Bertz CT molecular complexity index is 520. The molecule has 0 radical (unpaired) electrons. The Morgan fingerprint density at radius 3 is 2.83 bits per heavy atom. The number of aromatic nitrogens is 1. The van der Waals surface area contributed by atoms with E-state index in [2.05, 4.69) is 24.1 Å². The van der Waals surface area contributed by atoms with E-state index >= 15 is 0 Å². The Morgan fingerprint density at radius 2 is 2.06 bits per heavy atom. The molecule has 18 heavy (non-hydrogen) atoms. The number of benzene rings is 1. The van der Waals surface area contributed by atoms with Gasteiger partial charge >= 0.3 is 0 Å². The number of rotatable bonds is 5. The Labute approximate surface area is 108 Å². The van der Waals surface area contributed by atoms with Gasteiger partial charge in [0.1, 0.15) is 0 Å². The van der Waals surface area contributed by atoms with Gasteiger partial charge in [0.2, 0.25) is 0 Å². The van der Waals surface area contributed by atoms with Crippen LogP contribution < -0.4 is 11.1 Å². The van der Waals surface area contributed by atoms with E-state index < -0.39 is 0 Å². The zero-order chi connectivity index (χ0) is 13.0. The maximum absolute atomic E-state index is 5.95. The average molecular weight is 243 g/mol. The van der Waals surface area contributed by atoms with Crippen molar-refractivity contribution >= 4 is 22.1 Å². The van der Waals surface area contributed by atoms with Gasteiger partial charge < -0.3 is 11.1 Å². The average Bonchev–Trinajstić information content (AvgIpc) is 2.37. The third kappa shape index (κ3) is 2.92. The van der Waals surface area contributed by atoms with Crippen LogP contribution in [0.25, 0.3) is 10.8 Å². The minimum Gasteiger partial charge on any atom is -0.398 e. The van der Waals surface area contributed by atoms with Gasteiger partial charge in [0.05, 0.1) is 0 Å². The molecule has 0 unspecified atom stereocenters. The molecule has 0 fully saturated rings. The molecule has 0 bridgehead atoms. The number of nitrogens with zero attached hydrogens (tertiary/aromatic N) is 1. The van der Waals surface area contributed by atoms with Crippen LogP contribution in [0.15, 0.2) is 30.6 Å². The van der Waals surface area contributed by atoms with Gasteiger partial charge in [-0.2, -0.15) is 0 Å². The fraction of sp³-hybridized carbons (Fsp3) is 0.400. The van der Waals surface area contributed by atoms with Gasteiger partial charge in [-0.25, -0.2) is 0 Å². The summed E-state index contributed by atoms with van der Waals surface area (Å²) >= 11 is 0. The van der Waals surface area contributed by atoms with Crippen molar-refractivity contribution in [2.45, 2.75) is 26.7 Å². The molecule has 0 spiro atoms. The van der Waals surface area contributed by atoms with Crippen LogP contribution in [0, 0.1) is 5.92 Å². The lowest BCUT2D eigenvalue weighted by Gasteiger charge is -2.11. The molecular formula is C15H21N3. The van der Waals surface area contributed by atoms with Crippen LogP contribution in [-0.4, -0.2) is 11.5 Å². The highest BCUT2D eigenvalue weighted by molar-refractivity contribution is 6.00. The van der Waals surface area contributed by atoms with Gasteiger partial charge in [-0.3, -0.25) is 4.98 Å². The summed E-state index contributed by atoms with van der Waals surface area (Å²) in [7, 11) is 0. The van der Waals surface area contributed by atoms with E-state index in [-0.39, 0.29) is 0 Å². The summed E-state index contributed by atoms with van der Waals surface area (Å²) in [5.74, 6) is 0.763. The van der Waals surface area contributed by atoms with Gasteiger partial charge in [0.25, 0.3) is 0 Å². The quantitative estimate of drug-likeness (QED) is 0.622. The first-order valence-corrected chi connectivity index (χ1v) is 6.54. The minimum absolute atomic E-state index is 0.763. The van der Waals surface area contributed by atoms with E-state index in [4.69, 9.17) is 5.73 Å². The van der Waals surface area contributed by atoms with Crippen molar-refractivity contribution in [2.24, 2.45) is 5.92 Å². The Balaban J connectivity index is 2.11. The highest BCUT2D eigenvalue weighted by atomic mass is 14.9. The largest absolute Gasteiger partial charge is 0.398 e. The predicted molar refractivity (Wildman–Crippen MR) is 78.7 cm³/mol. The lowest BCUT2D eigenvalue weighted by Crippen LogP contribution is -2.04. The molecule has 96 valence electrons. The van der Waals surface area contributed by atoms with Crippen LogP contribution in [-0.2, 0) is 0 Å². The summed E-state index contributed by atoms with van der Waals surface area (Å²) < 4.78 is 0. The Kier molecular flexibility index (Phi) is 4.03. The summed E-state index contributed by atoms with van der Waals surface area (Å²) in [4.78, 5) is 4.13. The summed E-state index contributed by atoms with van der Waals surface area (Å²) in [5.41, 5.74) is 7.88. The van der Waals surface area contributed by atoms with Crippen LogP contribution >= 0.6 is 0 Å². The van der Waals surface area contributed by atoms with E-state index in [9.17, 15) is 0 Å². The Hall–Kier alpha value is -1.77. The lowest BCUT2D eigenvalue weighted by atomic mass is 10.1. The number of anilines is 2. The third-order valence-electron chi connectivity index (χ3n) is 3.13. The van der Waals surface area contributed by atoms with Crippen molar-refractivity contribution in [1.82, 2.24) is 4.98 Å². The summed E-state index contributed by atoms with van der Waals surface area (Å²) in [5, 5.41) is 5.65. The molecule has 2 rings (SSSR count). The molecule has 3 heteroatoms. The van der Waals surface area contributed by atoms with Crippen molar-refractivity contribution < 1.29 is 0 Å². The van der Waals surface area contributed by atoms with E-state index in [1.165, 1.54) is 12.8 Å². The number of nitrogens with two attached hydrogens (primary N) is 1. The van der Waals surface area contributed by atoms with Crippen LogP contribution in [0.2, 0.25) is 0 Å². The molecule has 1 aromatic heterocycles. The summed E-state index contributed by atoms with van der Waals surface area (Å²) in [6.45, 7) is 5.51. The second-order valence-corrected chi connectivity index (χ2v) is 5.09. The number of nitrogens with one attached hydrogen (secondary N) is 1. The fourth-order valence-electron chi connectivity index (χ4n) is 2.10. The van der Waals surface area contributed by atoms with Gasteiger partial charge in [-0.15, -0.1) is 0 Å².